The van der Waals surface area contributed by atoms with Crippen LogP contribution in [0.25, 0.3) is 0 Å². The van der Waals surface area contributed by atoms with Crippen LogP contribution in [-0.2, 0) is 6.42 Å². The molecule has 18 heavy (non-hydrogen) atoms. The normalized spacial score (nSPS) is 12.3. The first-order chi connectivity index (χ1) is 8.75. The third kappa shape index (κ3) is 3.57. The Balaban J connectivity index is 1.81. The molecule has 2 N–H and O–H groups in total. The van der Waals surface area contributed by atoms with Crippen molar-refractivity contribution >= 4 is 0 Å². The van der Waals surface area contributed by atoms with E-state index in [1.807, 2.05) is 36.7 Å². The van der Waals surface area contributed by atoms with Crippen molar-refractivity contribution in [3.8, 4) is 5.75 Å². The molecule has 1 heterocycles. The Bertz CT molecular complexity index is 468. The molecule has 0 bridgehead atoms. The summed E-state index contributed by atoms with van der Waals surface area (Å²) in [6, 6.07) is 11.7. The molecule has 1 aromatic heterocycles. The second-order valence-corrected chi connectivity index (χ2v) is 4.37. The molecule has 3 heteroatoms. The number of rotatable bonds is 5. The number of benzene rings is 1. The van der Waals surface area contributed by atoms with Gasteiger partial charge in [0.25, 0.3) is 0 Å². The molecule has 1 unspecified atom stereocenters. The van der Waals surface area contributed by atoms with Crippen molar-refractivity contribution in [2.24, 2.45) is 0 Å². The molecule has 0 saturated carbocycles. The van der Waals surface area contributed by atoms with Gasteiger partial charge >= 0.3 is 0 Å². The molecule has 1 atom stereocenters. The van der Waals surface area contributed by atoms with Gasteiger partial charge in [-0.05, 0) is 55.3 Å². The second kappa shape index (κ2) is 6.17. The molecule has 3 nitrogen and oxygen atoms in total. The summed E-state index contributed by atoms with van der Waals surface area (Å²) < 4.78 is 0. The van der Waals surface area contributed by atoms with E-state index in [2.05, 4.69) is 17.2 Å². The first kappa shape index (κ1) is 12.6. The zero-order valence-corrected chi connectivity index (χ0v) is 10.5. The second-order valence-electron chi connectivity index (χ2n) is 4.37. The van der Waals surface area contributed by atoms with Gasteiger partial charge in [0.05, 0.1) is 0 Å². The average molecular weight is 242 g/mol. The fraction of sp³-hybridized carbons (Fsp3) is 0.267. The lowest BCUT2D eigenvalue weighted by atomic mass is 10.1. The smallest absolute Gasteiger partial charge is 0.115 e. The SMILES string of the molecule is CC(NCCc1ccncc1)c1ccc(O)cc1. The molecule has 0 aliphatic heterocycles. The number of hydrogen-bond acceptors (Lipinski definition) is 3. The van der Waals surface area contributed by atoms with Gasteiger partial charge in [0.2, 0.25) is 0 Å². The van der Waals surface area contributed by atoms with Gasteiger partial charge in [-0.2, -0.15) is 0 Å². The Morgan fingerprint density at radius 3 is 2.44 bits per heavy atom. The molecule has 94 valence electrons. The summed E-state index contributed by atoms with van der Waals surface area (Å²) in [5.74, 6) is 0.308. The Labute approximate surface area is 108 Å². The molecule has 2 rings (SSSR count). The van der Waals surface area contributed by atoms with E-state index in [0.717, 1.165) is 13.0 Å². The third-order valence-electron chi connectivity index (χ3n) is 3.01. The van der Waals surface area contributed by atoms with E-state index >= 15 is 0 Å². The quantitative estimate of drug-likeness (QED) is 0.847. The largest absolute Gasteiger partial charge is 0.508 e. The van der Waals surface area contributed by atoms with Crippen molar-refractivity contribution in [2.75, 3.05) is 6.54 Å². The van der Waals surface area contributed by atoms with Gasteiger partial charge in [0.15, 0.2) is 0 Å². The lowest BCUT2D eigenvalue weighted by molar-refractivity contribution is 0.474. The van der Waals surface area contributed by atoms with Gasteiger partial charge in [-0.25, -0.2) is 0 Å². The molecule has 0 spiro atoms. The molecule has 2 aromatic rings. The summed E-state index contributed by atoms with van der Waals surface area (Å²) in [7, 11) is 0. The maximum absolute atomic E-state index is 9.24. The third-order valence-corrected chi connectivity index (χ3v) is 3.01. The summed E-state index contributed by atoms with van der Waals surface area (Å²) >= 11 is 0. The molecule has 0 fully saturated rings. The zero-order chi connectivity index (χ0) is 12.8. The predicted molar refractivity (Wildman–Crippen MR) is 72.5 cm³/mol. The fourth-order valence-electron chi connectivity index (χ4n) is 1.86. The van der Waals surface area contributed by atoms with Crippen molar-refractivity contribution < 1.29 is 5.11 Å². The van der Waals surface area contributed by atoms with Crippen LogP contribution in [0.15, 0.2) is 48.8 Å². The highest BCUT2D eigenvalue weighted by molar-refractivity contribution is 5.27. The Hall–Kier alpha value is -1.87. The number of aromatic nitrogens is 1. The number of hydrogen-bond donors (Lipinski definition) is 2. The Morgan fingerprint density at radius 2 is 1.78 bits per heavy atom. The van der Waals surface area contributed by atoms with Gasteiger partial charge in [0, 0.05) is 18.4 Å². The first-order valence-corrected chi connectivity index (χ1v) is 6.17. The van der Waals surface area contributed by atoms with E-state index in [1.54, 1.807) is 12.1 Å². The van der Waals surface area contributed by atoms with Crippen LogP contribution in [0.4, 0.5) is 0 Å². The van der Waals surface area contributed by atoms with Crippen molar-refractivity contribution in [2.45, 2.75) is 19.4 Å². The maximum Gasteiger partial charge on any atom is 0.115 e. The lowest BCUT2D eigenvalue weighted by Gasteiger charge is -2.14. The molecule has 0 radical (unpaired) electrons. The Kier molecular flexibility index (Phi) is 4.31. The minimum Gasteiger partial charge on any atom is -0.508 e. The molecule has 0 aliphatic rings. The molecular weight excluding hydrogens is 224 g/mol. The van der Waals surface area contributed by atoms with Crippen LogP contribution < -0.4 is 5.32 Å². The number of aromatic hydroxyl groups is 1. The van der Waals surface area contributed by atoms with E-state index in [0.29, 0.717) is 5.75 Å². The topological polar surface area (TPSA) is 45.2 Å². The summed E-state index contributed by atoms with van der Waals surface area (Å²) in [6.07, 6.45) is 4.63. The molecule has 0 amide bonds. The van der Waals surface area contributed by atoms with Crippen LogP contribution in [-0.4, -0.2) is 16.6 Å². The molecule has 0 saturated heterocycles. The average Bonchev–Trinajstić information content (AvgIpc) is 2.40. The van der Waals surface area contributed by atoms with Crippen LogP contribution in [0.5, 0.6) is 5.75 Å². The van der Waals surface area contributed by atoms with E-state index in [4.69, 9.17) is 0 Å². The van der Waals surface area contributed by atoms with Crippen molar-refractivity contribution in [1.82, 2.24) is 10.3 Å². The molecular formula is C15H18N2O. The van der Waals surface area contributed by atoms with Crippen molar-refractivity contribution in [1.29, 1.82) is 0 Å². The summed E-state index contributed by atoms with van der Waals surface area (Å²) in [4.78, 5) is 4.00. The van der Waals surface area contributed by atoms with Gasteiger partial charge in [-0.15, -0.1) is 0 Å². The molecule has 1 aromatic carbocycles. The van der Waals surface area contributed by atoms with Crippen LogP contribution >= 0.6 is 0 Å². The first-order valence-electron chi connectivity index (χ1n) is 6.17. The van der Waals surface area contributed by atoms with Crippen molar-refractivity contribution in [3.05, 3.63) is 59.9 Å². The highest BCUT2D eigenvalue weighted by Gasteiger charge is 2.04. The van der Waals surface area contributed by atoms with Crippen LogP contribution in [0.3, 0.4) is 0 Å². The highest BCUT2D eigenvalue weighted by Crippen LogP contribution is 2.16. The van der Waals surface area contributed by atoms with E-state index in [1.165, 1.54) is 11.1 Å². The minimum absolute atomic E-state index is 0.285. The highest BCUT2D eigenvalue weighted by atomic mass is 16.3. The van der Waals surface area contributed by atoms with E-state index in [9.17, 15) is 5.11 Å². The van der Waals surface area contributed by atoms with Crippen LogP contribution in [0.2, 0.25) is 0 Å². The number of nitrogens with one attached hydrogen (secondary N) is 1. The summed E-state index contributed by atoms with van der Waals surface area (Å²) in [6.45, 7) is 3.05. The predicted octanol–water partition coefficient (Wildman–Crippen LogP) is 2.68. The van der Waals surface area contributed by atoms with Gasteiger partial charge in [-0.1, -0.05) is 12.1 Å². The fourth-order valence-corrected chi connectivity index (χ4v) is 1.86. The number of nitrogens with zero attached hydrogens (tertiary/aromatic N) is 1. The number of phenols is 1. The lowest BCUT2D eigenvalue weighted by Crippen LogP contribution is -2.21. The van der Waals surface area contributed by atoms with Gasteiger partial charge in [-0.3, -0.25) is 4.98 Å². The standard InChI is InChI=1S/C15H18N2O/c1-12(14-2-4-15(18)5-3-14)17-11-8-13-6-9-16-10-7-13/h2-7,9-10,12,17-18H,8,11H2,1H3. The van der Waals surface area contributed by atoms with Crippen molar-refractivity contribution in [3.63, 3.8) is 0 Å². The van der Waals surface area contributed by atoms with Crippen LogP contribution in [0, 0.1) is 0 Å². The number of pyridine rings is 1. The monoisotopic (exact) mass is 242 g/mol. The Morgan fingerprint density at radius 1 is 1.11 bits per heavy atom. The minimum atomic E-state index is 0.285. The summed E-state index contributed by atoms with van der Waals surface area (Å²) in [5, 5.41) is 12.7. The van der Waals surface area contributed by atoms with Gasteiger partial charge in [0.1, 0.15) is 5.75 Å². The van der Waals surface area contributed by atoms with Crippen LogP contribution in [0.1, 0.15) is 24.1 Å². The molecule has 0 aliphatic carbocycles. The zero-order valence-electron chi connectivity index (χ0n) is 10.5. The number of phenolic OH excluding ortho intramolecular Hbond substituents is 1. The van der Waals surface area contributed by atoms with E-state index in [-0.39, 0.29) is 6.04 Å². The van der Waals surface area contributed by atoms with Gasteiger partial charge < -0.3 is 10.4 Å². The van der Waals surface area contributed by atoms with E-state index < -0.39 is 0 Å². The maximum atomic E-state index is 9.24. The summed E-state index contributed by atoms with van der Waals surface area (Å²) in [5.41, 5.74) is 2.47.